The number of esters is 1. The molecule has 0 aromatic carbocycles. The third kappa shape index (κ3) is 8.55. The highest BCUT2D eigenvalue weighted by molar-refractivity contribution is 5.79. The van der Waals surface area contributed by atoms with Crippen molar-refractivity contribution in [2.45, 2.75) is 32.7 Å². The van der Waals surface area contributed by atoms with Crippen molar-refractivity contribution in [3.8, 4) is 0 Å². The van der Waals surface area contributed by atoms with Crippen LogP contribution in [0.25, 0.3) is 0 Å². The van der Waals surface area contributed by atoms with Gasteiger partial charge < -0.3 is 15.4 Å². The molecule has 2 N–H and O–H groups in total. The van der Waals surface area contributed by atoms with Crippen molar-refractivity contribution in [3.05, 3.63) is 0 Å². The van der Waals surface area contributed by atoms with E-state index >= 15 is 0 Å². The normalized spacial score (nSPS) is 12.7. The number of carbonyl (C=O) groups is 2. The van der Waals surface area contributed by atoms with Gasteiger partial charge in [0.2, 0.25) is 5.91 Å². The van der Waals surface area contributed by atoms with E-state index in [1.165, 1.54) is 6.34 Å². The Kier molecular flexibility index (Phi) is 7.74. The van der Waals surface area contributed by atoms with Crippen molar-refractivity contribution in [2.75, 3.05) is 20.7 Å². The summed E-state index contributed by atoms with van der Waals surface area (Å²) in [5.74, 6) is -0.594. The number of rotatable bonds is 8. The molecule has 0 rings (SSSR count). The van der Waals surface area contributed by atoms with Crippen molar-refractivity contribution >= 4 is 18.2 Å². The molecule has 0 aliphatic rings. The highest BCUT2D eigenvalue weighted by atomic mass is 16.5. The van der Waals surface area contributed by atoms with Gasteiger partial charge in [-0.3, -0.25) is 9.79 Å². The molecule has 104 valence electrons. The zero-order valence-electron chi connectivity index (χ0n) is 11.5. The number of aliphatic imine (C=N–C) groups is 1. The quantitative estimate of drug-likeness (QED) is 0.388. The molecule has 18 heavy (non-hydrogen) atoms. The lowest BCUT2D eigenvalue weighted by Crippen LogP contribution is -2.26. The van der Waals surface area contributed by atoms with E-state index < -0.39 is 17.9 Å². The summed E-state index contributed by atoms with van der Waals surface area (Å²) in [6, 6.07) is -0.668. The van der Waals surface area contributed by atoms with Gasteiger partial charge in [0, 0.05) is 20.5 Å². The van der Waals surface area contributed by atoms with Gasteiger partial charge in [0.25, 0.3) is 0 Å². The standard InChI is InChI=1S/C12H23N3O3/c1-9(2)7-18-12(17)10(5-6-11(13)16)14-8-15(3)4/h8-10H,5-7H2,1-4H3,(H2,13,16)/t10-/m0/s1. The monoisotopic (exact) mass is 257 g/mol. The van der Waals surface area contributed by atoms with Crippen LogP contribution in [0.5, 0.6) is 0 Å². The topological polar surface area (TPSA) is 85.0 Å². The summed E-state index contributed by atoms with van der Waals surface area (Å²) in [6.45, 7) is 4.26. The van der Waals surface area contributed by atoms with E-state index in [1.807, 2.05) is 13.8 Å². The number of carbonyl (C=O) groups excluding carboxylic acids is 2. The number of amides is 1. The summed E-state index contributed by atoms with van der Waals surface area (Å²) in [4.78, 5) is 28.3. The van der Waals surface area contributed by atoms with Crippen LogP contribution in [0.3, 0.4) is 0 Å². The molecule has 0 bridgehead atoms. The van der Waals surface area contributed by atoms with Crippen LogP contribution in [0.15, 0.2) is 4.99 Å². The molecule has 0 aromatic heterocycles. The number of hydrogen-bond donors (Lipinski definition) is 1. The number of hydrogen-bond acceptors (Lipinski definition) is 4. The SMILES string of the molecule is CC(C)COC(=O)[C@H](CCC(N)=O)N=CN(C)C. The van der Waals surface area contributed by atoms with Gasteiger partial charge in [-0.05, 0) is 12.3 Å². The third-order valence-electron chi connectivity index (χ3n) is 1.97. The molecule has 1 amide bonds. The van der Waals surface area contributed by atoms with Gasteiger partial charge in [-0.2, -0.15) is 0 Å². The smallest absolute Gasteiger partial charge is 0.330 e. The second kappa shape index (κ2) is 8.49. The van der Waals surface area contributed by atoms with Gasteiger partial charge in [0.15, 0.2) is 0 Å². The first kappa shape index (κ1) is 16.4. The third-order valence-corrected chi connectivity index (χ3v) is 1.97. The largest absolute Gasteiger partial charge is 0.464 e. The molecule has 0 aromatic rings. The van der Waals surface area contributed by atoms with E-state index in [4.69, 9.17) is 10.5 Å². The van der Waals surface area contributed by atoms with Gasteiger partial charge in [-0.1, -0.05) is 13.8 Å². The van der Waals surface area contributed by atoms with Crippen LogP contribution < -0.4 is 5.73 Å². The Morgan fingerprint density at radius 1 is 1.39 bits per heavy atom. The molecule has 0 saturated heterocycles. The predicted octanol–water partition coefficient (Wildman–Crippen LogP) is 0.410. The highest BCUT2D eigenvalue weighted by Gasteiger charge is 2.19. The molecule has 0 radical (unpaired) electrons. The maximum absolute atomic E-state index is 11.8. The highest BCUT2D eigenvalue weighted by Crippen LogP contribution is 2.06. The van der Waals surface area contributed by atoms with E-state index in [0.29, 0.717) is 6.61 Å². The Labute approximate surface area is 108 Å². The van der Waals surface area contributed by atoms with Crippen LogP contribution in [0, 0.1) is 5.92 Å². The zero-order chi connectivity index (χ0) is 14.1. The van der Waals surface area contributed by atoms with Crippen LogP contribution in [0.4, 0.5) is 0 Å². The van der Waals surface area contributed by atoms with Crippen molar-refractivity contribution in [2.24, 2.45) is 16.6 Å². The number of primary amides is 1. The fraction of sp³-hybridized carbons (Fsp3) is 0.750. The average molecular weight is 257 g/mol. The predicted molar refractivity (Wildman–Crippen MR) is 70.2 cm³/mol. The Balaban J connectivity index is 4.43. The first-order valence-electron chi connectivity index (χ1n) is 5.97. The van der Waals surface area contributed by atoms with Gasteiger partial charge >= 0.3 is 5.97 Å². The average Bonchev–Trinajstić information content (AvgIpc) is 2.25. The van der Waals surface area contributed by atoms with Gasteiger partial charge in [-0.15, -0.1) is 0 Å². The molecule has 6 nitrogen and oxygen atoms in total. The molecule has 0 spiro atoms. The molecule has 1 atom stereocenters. The zero-order valence-corrected chi connectivity index (χ0v) is 11.5. The summed E-state index contributed by atoms with van der Waals surface area (Å²) in [6.07, 6.45) is 1.92. The molecule has 0 saturated carbocycles. The maximum Gasteiger partial charge on any atom is 0.330 e. The lowest BCUT2D eigenvalue weighted by atomic mass is 10.1. The minimum atomic E-state index is -0.668. The second-order valence-electron chi connectivity index (χ2n) is 4.77. The van der Waals surface area contributed by atoms with Gasteiger partial charge in [0.05, 0.1) is 12.9 Å². The molecule has 0 heterocycles. The Morgan fingerprint density at radius 2 is 2.00 bits per heavy atom. The fourth-order valence-corrected chi connectivity index (χ4v) is 1.09. The van der Waals surface area contributed by atoms with E-state index in [2.05, 4.69) is 4.99 Å². The van der Waals surface area contributed by atoms with Crippen LogP contribution in [-0.4, -0.2) is 49.9 Å². The fourth-order valence-electron chi connectivity index (χ4n) is 1.09. The van der Waals surface area contributed by atoms with Crippen LogP contribution in [0.2, 0.25) is 0 Å². The van der Waals surface area contributed by atoms with Crippen LogP contribution >= 0.6 is 0 Å². The second-order valence-corrected chi connectivity index (χ2v) is 4.77. The van der Waals surface area contributed by atoms with E-state index in [9.17, 15) is 9.59 Å². The lowest BCUT2D eigenvalue weighted by molar-refractivity contribution is -0.146. The van der Waals surface area contributed by atoms with Crippen molar-refractivity contribution in [1.82, 2.24) is 4.90 Å². The summed E-state index contributed by atoms with van der Waals surface area (Å²) in [5, 5.41) is 0. The number of nitrogens with zero attached hydrogens (tertiary/aromatic N) is 2. The Bertz CT molecular complexity index is 301. The number of ether oxygens (including phenoxy) is 1. The minimum Gasteiger partial charge on any atom is -0.464 e. The first-order valence-corrected chi connectivity index (χ1v) is 5.97. The summed E-state index contributed by atoms with van der Waals surface area (Å²) >= 11 is 0. The van der Waals surface area contributed by atoms with Crippen molar-refractivity contribution in [1.29, 1.82) is 0 Å². The Hall–Kier alpha value is -1.59. The van der Waals surface area contributed by atoms with E-state index in [0.717, 1.165) is 0 Å². The van der Waals surface area contributed by atoms with Gasteiger partial charge in [0.1, 0.15) is 6.04 Å². The maximum atomic E-state index is 11.8. The van der Waals surface area contributed by atoms with E-state index in [1.54, 1.807) is 19.0 Å². The minimum absolute atomic E-state index is 0.117. The lowest BCUT2D eigenvalue weighted by Gasteiger charge is -2.13. The molecular formula is C12H23N3O3. The summed E-state index contributed by atoms with van der Waals surface area (Å²) < 4.78 is 5.11. The Morgan fingerprint density at radius 3 is 2.44 bits per heavy atom. The molecule has 0 fully saturated rings. The van der Waals surface area contributed by atoms with Crippen LogP contribution in [-0.2, 0) is 14.3 Å². The number of nitrogens with two attached hydrogens (primary N) is 1. The first-order chi connectivity index (χ1) is 8.32. The molecule has 0 aliphatic heterocycles. The van der Waals surface area contributed by atoms with E-state index in [-0.39, 0.29) is 18.8 Å². The molecular weight excluding hydrogens is 234 g/mol. The summed E-state index contributed by atoms with van der Waals surface area (Å²) in [7, 11) is 3.60. The van der Waals surface area contributed by atoms with Gasteiger partial charge in [-0.25, -0.2) is 4.79 Å². The molecule has 0 unspecified atom stereocenters. The van der Waals surface area contributed by atoms with Crippen molar-refractivity contribution < 1.29 is 14.3 Å². The molecule has 6 heteroatoms. The van der Waals surface area contributed by atoms with Crippen molar-refractivity contribution in [3.63, 3.8) is 0 Å². The molecule has 0 aliphatic carbocycles. The van der Waals surface area contributed by atoms with Crippen LogP contribution in [0.1, 0.15) is 26.7 Å². The summed E-state index contributed by atoms with van der Waals surface area (Å²) in [5.41, 5.74) is 5.07.